The first-order valence-corrected chi connectivity index (χ1v) is 7.95. The van der Waals surface area contributed by atoms with Gasteiger partial charge in [-0.3, -0.25) is 0 Å². The Morgan fingerprint density at radius 1 is 1.21 bits per heavy atom. The zero-order valence-electron chi connectivity index (χ0n) is 13.4. The zero-order valence-corrected chi connectivity index (χ0v) is 14.2. The number of nitriles is 1. The highest BCUT2D eigenvalue weighted by molar-refractivity contribution is 6.30. The summed E-state index contributed by atoms with van der Waals surface area (Å²) in [6, 6.07) is 9.86. The number of hydrogen-bond donors (Lipinski definition) is 1. The molecule has 6 heteroatoms. The van der Waals surface area contributed by atoms with Crippen LogP contribution in [0.2, 0.25) is 5.02 Å². The summed E-state index contributed by atoms with van der Waals surface area (Å²) in [7, 11) is 1.80. The highest BCUT2D eigenvalue weighted by Crippen LogP contribution is 2.31. The van der Waals surface area contributed by atoms with Crippen molar-refractivity contribution < 1.29 is 0 Å². The highest BCUT2D eigenvalue weighted by atomic mass is 35.5. The maximum Gasteiger partial charge on any atom is 0.142 e. The molecular formula is C18H16ClN5. The summed E-state index contributed by atoms with van der Waals surface area (Å²) in [5, 5.41) is 13.2. The third-order valence-electron chi connectivity index (χ3n) is 3.86. The van der Waals surface area contributed by atoms with E-state index in [-0.39, 0.29) is 0 Å². The summed E-state index contributed by atoms with van der Waals surface area (Å²) in [5.74, 6) is 1.41. The molecule has 0 radical (unpaired) electrons. The topological polar surface area (TPSA) is 66.5 Å². The Labute approximate surface area is 145 Å². The quantitative estimate of drug-likeness (QED) is 0.779. The smallest absolute Gasteiger partial charge is 0.142 e. The molecule has 1 aromatic carbocycles. The fraction of sp³-hybridized carbons (Fsp3) is 0.167. The van der Waals surface area contributed by atoms with Gasteiger partial charge in [-0.05, 0) is 29.7 Å². The van der Waals surface area contributed by atoms with Gasteiger partial charge in [0, 0.05) is 36.1 Å². The van der Waals surface area contributed by atoms with E-state index in [0.717, 1.165) is 23.1 Å². The summed E-state index contributed by atoms with van der Waals surface area (Å²) in [6.07, 6.45) is 6.03. The minimum atomic E-state index is 0.580. The first-order chi connectivity index (χ1) is 11.7. The molecule has 0 fully saturated rings. The lowest BCUT2D eigenvalue weighted by molar-refractivity contribution is 0.982. The first-order valence-electron chi connectivity index (χ1n) is 7.57. The fourth-order valence-electron chi connectivity index (χ4n) is 2.62. The molecule has 3 rings (SSSR count). The van der Waals surface area contributed by atoms with Crippen molar-refractivity contribution in [1.82, 2.24) is 14.5 Å². The molecule has 0 saturated heterocycles. The number of hydrogen-bond acceptors (Lipinski definition) is 4. The molecule has 5 nitrogen and oxygen atoms in total. The van der Waals surface area contributed by atoms with Gasteiger partial charge in [0.05, 0.1) is 5.56 Å². The number of nitrogens with one attached hydrogen (secondary N) is 1. The van der Waals surface area contributed by atoms with Crippen molar-refractivity contribution in [1.29, 1.82) is 5.26 Å². The SMILES string of the molecule is CCc1ccc(Cl)cc1-c1cn(-c2cc(NC)ncn2)cc1C#N. The molecule has 0 spiro atoms. The number of anilines is 1. The normalized spacial score (nSPS) is 10.4. The minimum absolute atomic E-state index is 0.580. The van der Waals surface area contributed by atoms with Gasteiger partial charge in [0.25, 0.3) is 0 Å². The van der Waals surface area contributed by atoms with Crippen LogP contribution in [0.15, 0.2) is 43.0 Å². The summed E-state index contributed by atoms with van der Waals surface area (Å²) in [4.78, 5) is 8.39. The van der Waals surface area contributed by atoms with Crippen LogP contribution < -0.4 is 5.32 Å². The number of aryl methyl sites for hydroxylation is 1. The molecule has 0 aliphatic rings. The minimum Gasteiger partial charge on any atom is -0.373 e. The van der Waals surface area contributed by atoms with Gasteiger partial charge in [-0.2, -0.15) is 5.26 Å². The van der Waals surface area contributed by atoms with Gasteiger partial charge in [0.2, 0.25) is 0 Å². The maximum absolute atomic E-state index is 9.53. The first kappa shape index (κ1) is 16.0. The van der Waals surface area contributed by atoms with Gasteiger partial charge in [-0.25, -0.2) is 9.97 Å². The van der Waals surface area contributed by atoms with Crippen LogP contribution in [0.3, 0.4) is 0 Å². The van der Waals surface area contributed by atoms with Crippen LogP contribution in [-0.4, -0.2) is 21.6 Å². The molecule has 0 saturated carbocycles. The zero-order chi connectivity index (χ0) is 17.1. The highest BCUT2D eigenvalue weighted by Gasteiger charge is 2.14. The predicted octanol–water partition coefficient (Wildman–Crippen LogP) is 4.06. The van der Waals surface area contributed by atoms with Crippen molar-refractivity contribution in [2.45, 2.75) is 13.3 Å². The number of benzene rings is 1. The summed E-state index contributed by atoms with van der Waals surface area (Å²) < 4.78 is 1.83. The maximum atomic E-state index is 9.53. The molecule has 0 aliphatic heterocycles. The standard InChI is InChI=1S/C18H16ClN5/c1-3-12-4-5-14(19)6-15(12)16-10-24(9-13(16)8-20)18-7-17(21-2)22-11-23-18/h4-7,9-11H,3H2,1-2H3,(H,21,22,23). The van der Waals surface area contributed by atoms with Crippen molar-refractivity contribution >= 4 is 17.4 Å². The molecule has 0 amide bonds. The van der Waals surface area contributed by atoms with Crippen molar-refractivity contribution in [3.8, 4) is 23.0 Å². The average molecular weight is 338 g/mol. The Bertz CT molecular complexity index is 923. The molecule has 0 atom stereocenters. The third kappa shape index (κ3) is 2.97. The molecule has 1 N–H and O–H groups in total. The molecule has 2 heterocycles. The van der Waals surface area contributed by atoms with Crippen LogP contribution in [0.25, 0.3) is 16.9 Å². The van der Waals surface area contributed by atoms with Crippen LogP contribution in [0, 0.1) is 11.3 Å². The largest absolute Gasteiger partial charge is 0.373 e. The van der Waals surface area contributed by atoms with Crippen LogP contribution >= 0.6 is 11.6 Å². The molecular weight excluding hydrogens is 322 g/mol. The van der Waals surface area contributed by atoms with Crippen LogP contribution in [0.1, 0.15) is 18.1 Å². The van der Waals surface area contributed by atoms with Gasteiger partial charge in [0.15, 0.2) is 0 Å². The average Bonchev–Trinajstić information content (AvgIpc) is 3.06. The molecule has 0 bridgehead atoms. The van der Waals surface area contributed by atoms with Crippen molar-refractivity contribution in [3.05, 3.63) is 59.1 Å². The van der Waals surface area contributed by atoms with E-state index in [1.807, 2.05) is 35.0 Å². The lowest BCUT2D eigenvalue weighted by Crippen LogP contribution is -1.98. The van der Waals surface area contributed by atoms with E-state index < -0.39 is 0 Å². The molecule has 2 aromatic heterocycles. The molecule has 0 unspecified atom stereocenters. The van der Waals surface area contributed by atoms with Gasteiger partial charge in [-0.15, -0.1) is 0 Å². The number of rotatable bonds is 4. The predicted molar refractivity (Wildman–Crippen MR) is 95.4 cm³/mol. The van der Waals surface area contributed by atoms with Gasteiger partial charge >= 0.3 is 0 Å². The molecule has 3 aromatic rings. The Balaban J connectivity index is 2.16. The monoisotopic (exact) mass is 337 g/mol. The van der Waals surface area contributed by atoms with E-state index in [0.29, 0.717) is 22.2 Å². The third-order valence-corrected chi connectivity index (χ3v) is 4.10. The summed E-state index contributed by atoms with van der Waals surface area (Å²) in [6.45, 7) is 2.08. The van der Waals surface area contributed by atoms with E-state index in [9.17, 15) is 5.26 Å². The Morgan fingerprint density at radius 2 is 2.04 bits per heavy atom. The number of aromatic nitrogens is 3. The van der Waals surface area contributed by atoms with E-state index in [1.54, 1.807) is 13.2 Å². The Morgan fingerprint density at radius 3 is 2.75 bits per heavy atom. The lowest BCUT2D eigenvalue weighted by Gasteiger charge is -2.07. The van der Waals surface area contributed by atoms with E-state index in [2.05, 4.69) is 28.3 Å². The summed E-state index contributed by atoms with van der Waals surface area (Å²) in [5.41, 5.74) is 3.55. The van der Waals surface area contributed by atoms with Crippen molar-refractivity contribution in [2.75, 3.05) is 12.4 Å². The lowest BCUT2D eigenvalue weighted by atomic mass is 9.98. The van der Waals surface area contributed by atoms with Crippen LogP contribution in [0.5, 0.6) is 0 Å². The number of halogens is 1. The van der Waals surface area contributed by atoms with Crippen molar-refractivity contribution in [3.63, 3.8) is 0 Å². The van der Waals surface area contributed by atoms with Gasteiger partial charge < -0.3 is 9.88 Å². The van der Waals surface area contributed by atoms with Crippen LogP contribution in [-0.2, 0) is 6.42 Å². The number of nitrogens with zero attached hydrogens (tertiary/aromatic N) is 4. The fourth-order valence-corrected chi connectivity index (χ4v) is 2.80. The second-order valence-corrected chi connectivity index (χ2v) is 5.71. The van der Waals surface area contributed by atoms with Crippen molar-refractivity contribution in [2.24, 2.45) is 0 Å². The molecule has 24 heavy (non-hydrogen) atoms. The second-order valence-electron chi connectivity index (χ2n) is 5.27. The molecule has 0 aliphatic carbocycles. The summed E-state index contributed by atoms with van der Waals surface area (Å²) >= 11 is 6.16. The van der Waals surface area contributed by atoms with E-state index in [1.165, 1.54) is 6.33 Å². The van der Waals surface area contributed by atoms with Gasteiger partial charge in [-0.1, -0.05) is 24.6 Å². The second kappa shape index (κ2) is 6.73. The Hall–Kier alpha value is -2.84. The van der Waals surface area contributed by atoms with Crippen LogP contribution in [0.4, 0.5) is 5.82 Å². The van der Waals surface area contributed by atoms with Gasteiger partial charge in [0.1, 0.15) is 24.0 Å². The molecule has 120 valence electrons. The van der Waals surface area contributed by atoms with E-state index in [4.69, 9.17) is 11.6 Å². The Kier molecular flexibility index (Phi) is 4.50. The van der Waals surface area contributed by atoms with E-state index >= 15 is 0 Å².